The fourth-order valence-corrected chi connectivity index (χ4v) is 2.82. The van der Waals surface area contributed by atoms with Gasteiger partial charge in [-0.1, -0.05) is 6.92 Å². The zero-order valence-electron chi connectivity index (χ0n) is 11.2. The van der Waals surface area contributed by atoms with Crippen molar-refractivity contribution in [1.82, 2.24) is 14.6 Å². The van der Waals surface area contributed by atoms with Crippen LogP contribution in [0.25, 0.3) is 10.2 Å². The van der Waals surface area contributed by atoms with Gasteiger partial charge in [0.25, 0.3) is 11.5 Å². The van der Waals surface area contributed by atoms with Gasteiger partial charge in [0.2, 0.25) is 0 Å². The Morgan fingerprint density at radius 3 is 3.05 bits per heavy atom. The van der Waals surface area contributed by atoms with E-state index in [4.69, 9.17) is 0 Å². The summed E-state index contributed by atoms with van der Waals surface area (Å²) in [6.45, 7) is 2.02. The van der Waals surface area contributed by atoms with Gasteiger partial charge in [-0.2, -0.15) is 0 Å². The number of rotatable bonds is 3. The molecule has 0 aliphatic carbocycles. The van der Waals surface area contributed by atoms with E-state index in [1.54, 1.807) is 18.3 Å². The number of nitrogens with zero attached hydrogens (tertiary/aromatic N) is 3. The van der Waals surface area contributed by atoms with Crippen molar-refractivity contribution in [3.63, 3.8) is 0 Å². The lowest BCUT2D eigenvalue weighted by Gasteiger charge is -2.06. The Morgan fingerprint density at radius 1 is 1.48 bits per heavy atom. The molecule has 3 aromatic heterocycles. The van der Waals surface area contributed by atoms with Gasteiger partial charge in [-0.05, 0) is 24.6 Å². The molecule has 0 unspecified atom stereocenters. The van der Waals surface area contributed by atoms with E-state index in [0.717, 1.165) is 16.0 Å². The number of aryl methyl sites for hydroxylation is 1. The van der Waals surface area contributed by atoms with E-state index in [1.807, 2.05) is 13.0 Å². The predicted octanol–water partition coefficient (Wildman–Crippen LogP) is 1.80. The molecule has 0 aliphatic heterocycles. The van der Waals surface area contributed by atoms with Crippen molar-refractivity contribution in [2.24, 2.45) is 0 Å². The van der Waals surface area contributed by atoms with Gasteiger partial charge in [-0.3, -0.25) is 20.0 Å². The normalized spacial score (nSPS) is 10.7. The second-order valence-electron chi connectivity index (χ2n) is 4.39. The third kappa shape index (κ3) is 2.55. The molecule has 0 radical (unpaired) electrons. The second-order valence-corrected chi connectivity index (χ2v) is 5.50. The number of thiophene rings is 1. The SMILES string of the molecule is CCc1cc2c(=O)n(NC(=O)c3cccnc3)cnc2s1. The van der Waals surface area contributed by atoms with E-state index in [-0.39, 0.29) is 5.56 Å². The Balaban J connectivity index is 1.96. The molecule has 1 N–H and O–H groups in total. The minimum atomic E-state index is -0.405. The van der Waals surface area contributed by atoms with Crippen molar-refractivity contribution < 1.29 is 4.79 Å². The summed E-state index contributed by atoms with van der Waals surface area (Å²) in [6.07, 6.45) is 5.19. The zero-order valence-corrected chi connectivity index (χ0v) is 12.1. The molecule has 1 amide bonds. The average Bonchev–Trinajstić information content (AvgIpc) is 2.95. The molecule has 7 heteroatoms. The highest BCUT2D eigenvalue weighted by Crippen LogP contribution is 2.20. The highest BCUT2D eigenvalue weighted by molar-refractivity contribution is 7.18. The number of carbonyl (C=O) groups excluding carboxylic acids is 1. The summed E-state index contributed by atoms with van der Waals surface area (Å²) in [5, 5.41) is 0.519. The maximum absolute atomic E-state index is 12.3. The molecule has 0 bridgehead atoms. The van der Waals surface area contributed by atoms with Crippen LogP contribution in [-0.4, -0.2) is 20.6 Å². The van der Waals surface area contributed by atoms with Crippen LogP contribution < -0.4 is 11.0 Å². The predicted molar refractivity (Wildman–Crippen MR) is 81.2 cm³/mol. The Kier molecular flexibility index (Phi) is 3.49. The summed E-state index contributed by atoms with van der Waals surface area (Å²) in [7, 11) is 0. The van der Waals surface area contributed by atoms with E-state index >= 15 is 0 Å². The highest BCUT2D eigenvalue weighted by atomic mass is 32.1. The molecule has 3 aromatic rings. The van der Waals surface area contributed by atoms with Crippen molar-refractivity contribution in [2.45, 2.75) is 13.3 Å². The molecular formula is C14H12N4O2S. The number of pyridine rings is 1. The van der Waals surface area contributed by atoms with Crippen LogP contribution in [0.5, 0.6) is 0 Å². The van der Waals surface area contributed by atoms with Gasteiger partial charge in [0.1, 0.15) is 11.2 Å². The first-order chi connectivity index (χ1) is 10.2. The van der Waals surface area contributed by atoms with Crippen molar-refractivity contribution in [2.75, 3.05) is 5.43 Å². The molecule has 0 fully saturated rings. The lowest BCUT2D eigenvalue weighted by atomic mass is 10.3. The molecule has 0 aliphatic rings. The van der Waals surface area contributed by atoms with Crippen LogP contribution in [0.2, 0.25) is 0 Å². The maximum atomic E-state index is 12.3. The van der Waals surface area contributed by atoms with Crippen molar-refractivity contribution in [1.29, 1.82) is 0 Å². The third-order valence-corrected chi connectivity index (χ3v) is 4.18. The lowest BCUT2D eigenvalue weighted by Crippen LogP contribution is -2.33. The number of amides is 1. The quantitative estimate of drug-likeness (QED) is 0.800. The molecule has 0 saturated heterocycles. The van der Waals surface area contributed by atoms with Gasteiger partial charge in [-0.25, -0.2) is 9.66 Å². The molecule has 21 heavy (non-hydrogen) atoms. The molecule has 6 nitrogen and oxygen atoms in total. The zero-order chi connectivity index (χ0) is 14.8. The molecule has 0 spiro atoms. The first-order valence-electron chi connectivity index (χ1n) is 6.40. The van der Waals surface area contributed by atoms with Crippen LogP contribution >= 0.6 is 11.3 Å². The van der Waals surface area contributed by atoms with Crippen LogP contribution in [0.15, 0.2) is 41.7 Å². The van der Waals surface area contributed by atoms with Crippen LogP contribution in [0.3, 0.4) is 0 Å². The molecule has 3 heterocycles. The Morgan fingerprint density at radius 2 is 2.33 bits per heavy atom. The minimum Gasteiger partial charge on any atom is -0.267 e. The van der Waals surface area contributed by atoms with Crippen LogP contribution in [0.4, 0.5) is 0 Å². The van der Waals surface area contributed by atoms with E-state index < -0.39 is 5.91 Å². The fourth-order valence-electron chi connectivity index (χ4n) is 1.90. The fraction of sp³-hybridized carbons (Fsp3) is 0.143. The summed E-state index contributed by atoms with van der Waals surface area (Å²) < 4.78 is 1.10. The van der Waals surface area contributed by atoms with Crippen molar-refractivity contribution >= 4 is 27.5 Å². The van der Waals surface area contributed by atoms with Crippen LogP contribution in [0.1, 0.15) is 22.2 Å². The molecule has 0 atom stereocenters. The van der Waals surface area contributed by atoms with Gasteiger partial charge in [-0.15, -0.1) is 11.3 Å². The standard InChI is InChI=1S/C14H12N4O2S/c1-2-10-6-11-13(21-10)16-8-18(14(11)20)17-12(19)9-4-3-5-15-7-9/h3-8H,2H2,1H3,(H,17,19). The van der Waals surface area contributed by atoms with Crippen molar-refractivity contribution in [3.05, 3.63) is 57.7 Å². The first-order valence-corrected chi connectivity index (χ1v) is 7.22. The number of nitrogens with one attached hydrogen (secondary N) is 1. The van der Waals surface area contributed by atoms with Crippen molar-refractivity contribution in [3.8, 4) is 0 Å². The number of carbonyl (C=O) groups is 1. The van der Waals surface area contributed by atoms with Gasteiger partial charge in [0.15, 0.2) is 0 Å². The topological polar surface area (TPSA) is 76.9 Å². The van der Waals surface area contributed by atoms with Crippen LogP contribution in [0, 0.1) is 0 Å². The third-order valence-electron chi connectivity index (χ3n) is 3.00. The van der Waals surface area contributed by atoms with Crippen LogP contribution in [-0.2, 0) is 6.42 Å². The van der Waals surface area contributed by atoms with E-state index in [1.165, 1.54) is 23.9 Å². The molecule has 106 valence electrons. The molecule has 0 saturated carbocycles. The summed E-state index contributed by atoms with van der Waals surface area (Å²) in [5.74, 6) is -0.405. The summed E-state index contributed by atoms with van der Waals surface area (Å²) >= 11 is 1.49. The van der Waals surface area contributed by atoms with E-state index in [9.17, 15) is 9.59 Å². The smallest absolute Gasteiger partial charge is 0.267 e. The van der Waals surface area contributed by atoms with Gasteiger partial charge in [0, 0.05) is 17.3 Å². The van der Waals surface area contributed by atoms with Gasteiger partial charge in [0.05, 0.1) is 10.9 Å². The number of hydrogen-bond donors (Lipinski definition) is 1. The second kappa shape index (κ2) is 5.45. The number of aromatic nitrogens is 3. The average molecular weight is 300 g/mol. The summed E-state index contributed by atoms with van der Waals surface area (Å²) in [5.41, 5.74) is 2.61. The number of hydrogen-bond acceptors (Lipinski definition) is 5. The molecular weight excluding hydrogens is 288 g/mol. The minimum absolute atomic E-state index is 0.284. The van der Waals surface area contributed by atoms with E-state index in [0.29, 0.717) is 15.8 Å². The van der Waals surface area contributed by atoms with Gasteiger partial charge < -0.3 is 0 Å². The molecule has 3 rings (SSSR count). The lowest BCUT2D eigenvalue weighted by molar-refractivity contribution is 0.101. The number of fused-ring (bicyclic) bond motifs is 1. The Bertz CT molecular complexity index is 854. The monoisotopic (exact) mass is 300 g/mol. The van der Waals surface area contributed by atoms with Gasteiger partial charge >= 0.3 is 0 Å². The maximum Gasteiger partial charge on any atom is 0.280 e. The molecule has 0 aromatic carbocycles. The summed E-state index contributed by atoms with van der Waals surface area (Å²) in [6, 6.07) is 5.10. The first kappa shape index (κ1) is 13.4. The highest BCUT2D eigenvalue weighted by Gasteiger charge is 2.11. The summed E-state index contributed by atoms with van der Waals surface area (Å²) in [4.78, 5) is 34.2. The van der Waals surface area contributed by atoms with E-state index in [2.05, 4.69) is 15.4 Å². The largest absolute Gasteiger partial charge is 0.280 e. The Labute approximate surface area is 124 Å². The Hall–Kier alpha value is -2.54.